The van der Waals surface area contributed by atoms with Crippen molar-refractivity contribution in [1.29, 1.82) is 0 Å². The number of allylic oxidation sites excluding steroid dienone is 2. The topological polar surface area (TPSA) is 81.5 Å². The smallest absolute Gasteiger partial charge is 0.241 e. The summed E-state index contributed by atoms with van der Waals surface area (Å²) in [5, 5.41) is 0. The van der Waals surface area contributed by atoms with Gasteiger partial charge in [0.05, 0.1) is 0 Å². The Morgan fingerprint density at radius 2 is 2.18 bits per heavy atom. The fourth-order valence-electron chi connectivity index (χ4n) is 0.469. The molecule has 4 heteroatoms. The fraction of sp³-hybridized carbons (Fsp3) is 0.143. The molecule has 0 rings (SSSR count). The molecule has 0 unspecified atom stereocenters. The van der Waals surface area contributed by atoms with Crippen LogP contribution in [0.4, 0.5) is 0 Å². The van der Waals surface area contributed by atoms with Crippen molar-refractivity contribution in [3.8, 4) is 0 Å². The number of hydrogen-bond acceptors (Lipinski definition) is 3. The Labute approximate surface area is 66.8 Å². The minimum atomic E-state index is -0.506. The van der Waals surface area contributed by atoms with Crippen LogP contribution in [-0.2, 0) is 4.79 Å². The highest BCUT2D eigenvalue weighted by Crippen LogP contribution is 1.88. The van der Waals surface area contributed by atoms with E-state index in [1.807, 2.05) is 0 Å². The molecule has 0 saturated carbocycles. The molecule has 0 aromatic heterocycles. The Hall–Kier alpha value is -1.58. The van der Waals surface area contributed by atoms with Gasteiger partial charge in [0.25, 0.3) is 0 Å². The van der Waals surface area contributed by atoms with Crippen molar-refractivity contribution in [3.63, 3.8) is 0 Å². The Morgan fingerprint density at radius 3 is 2.55 bits per heavy atom. The summed E-state index contributed by atoms with van der Waals surface area (Å²) in [4.78, 5) is 14.0. The van der Waals surface area contributed by atoms with Crippen molar-refractivity contribution < 1.29 is 6.22 Å². The fourth-order valence-corrected chi connectivity index (χ4v) is 0.469. The summed E-state index contributed by atoms with van der Waals surface area (Å²) in [5.74, 6) is -0.506. The van der Waals surface area contributed by atoms with Crippen LogP contribution in [0.25, 0.3) is 0 Å². The summed E-state index contributed by atoms with van der Waals surface area (Å²) in [6, 6.07) is 0. The highest BCUT2D eigenvalue weighted by molar-refractivity contribution is 5.90. The normalized spacial score (nSPS) is 13.0. The molecule has 4 nitrogen and oxygen atoms in total. The lowest BCUT2D eigenvalue weighted by molar-refractivity contribution is -0.113. The van der Waals surface area contributed by atoms with Crippen LogP contribution >= 0.6 is 0 Å². The molecule has 0 atom stereocenters. The van der Waals surface area contributed by atoms with Crippen LogP contribution in [0.2, 0.25) is 0 Å². The molecule has 0 heterocycles. The Kier molecular flexibility index (Phi) is 4.47. The van der Waals surface area contributed by atoms with Gasteiger partial charge in [0.2, 0.25) is 5.91 Å². The molecule has 0 aliphatic rings. The van der Waals surface area contributed by atoms with E-state index in [0.717, 1.165) is 0 Å². The molecule has 4 N–H and O–H groups in total. The minimum absolute atomic E-state index is 0. The van der Waals surface area contributed by atoms with Gasteiger partial charge in [-0.25, -0.2) is 0 Å². The van der Waals surface area contributed by atoms with E-state index >= 15 is 0 Å². The first-order valence-corrected chi connectivity index (χ1v) is 3.02. The molecule has 0 spiro atoms. The van der Waals surface area contributed by atoms with E-state index in [1.54, 1.807) is 7.05 Å². The standard InChI is InChI=1S/C7H11N3O.H2/c1-10-5-6(4-8)2-3-7(9)11;/h2-5H,8H2,1H3,(H2,9,11);1H/b3-2+,6-4-,10-5?;. The lowest BCUT2D eigenvalue weighted by Gasteiger charge is -1.87. The van der Waals surface area contributed by atoms with Gasteiger partial charge in [0, 0.05) is 32.5 Å². The molecule has 0 aromatic rings. The van der Waals surface area contributed by atoms with Gasteiger partial charge in [0.15, 0.2) is 0 Å². The molecule has 62 valence electrons. The summed E-state index contributed by atoms with van der Waals surface area (Å²) >= 11 is 0. The van der Waals surface area contributed by atoms with Gasteiger partial charge in [-0.3, -0.25) is 9.79 Å². The Bertz CT molecular complexity index is 221. The maximum absolute atomic E-state index is 10.2. The van der Waals surface area contributed by atoms with Gasteiger partial charge in [-0.05, 0) is 6.08 Å². The van der Waals surface area contributed by atoms with Crippen LogP contribution in [0.1, 0.15) is 1.43 Å². The van der Waals surface area contributed by atoms with Crippen LogP contribution in [0.5, 0.6) is 0 Å². The second-order valence-corrected chi connectivity index (χ2v) is 1.79. The zero-order valence-corrected chi connectivity index (χ0v) is 6.32. The number of rotatable bonds is 3. The van der Waals surface area contributed by atoms with Gasteiger partial charge < -0.3 is 11.5 Å². The Balaban J connectivity index is 0. The highest BCUT2D eigenvalue weighted by atomic mass is 16.1. The first kappa shape index (κ1) is 9.42. The highest BCUT2D eigenvalue weighted by Gasteiger charge is 1.85. The summed E-state index contributed by atoms with van der Waals surface area (Å²) in [5.41, 5.74) is 10.7. The van der Waals surface area contributed by atoms with E-state index in [0.29, 0.717) is 5.57 Å². The summed E-state index contributed by atoms with van der Waals surface area (Å²) in [6.45, 7) is 0. The lowest BCUT2D eigenvalue weighted by atomic mass is 10.3. The summed E-state index contributed by atoms with van der Waals surface area (Å²) < 4.78 is 0. The zero-order valence-electron chi connectivity index (χ0n) is 6.32. The van der Waals surface area contributed by atoms with Crippen molar-refractivity contribution in [2.45, 2.75) is 0 Å². The summed E-state index contributed by atoms with van der Waals surface area (Å²) in [6.07, 6.45) is 5.58. The van der Waals surface area contributed by atoms with Gasteiger partial charge >= 0.3 is 0 Å². The SMILES string of the molecule is CN=CC(=C\N)/C=C/C(N)=O.[HH]. The quantitative estimate of drug-likeness (QED) is 0.336. The molecule has 0 aliphatic carbocycles. The third-order valence-corrected chi connectivity index (χ3v) is 0.911. The van der Waals surface area contributed by atoms with E-state index in [9.17, 15) is 4.79 Å². The monoisotopic (exact) mass is 155 g/mol. The third-order valence-electron chi connectivity index (χ3n) is 0.911. The molecule has 0 fully saturated rings. The molecule has 0 radical (unpaired) electrons. The van der Waals surface area contributed by atoms with Crippen LogP contribution in [-0.4, -0.2) is 19.2 Å². The van der Waals surface area contributed by atoms with E-state index in [1.165, 1.54) is 24.6 Å². The van der Waals surface area contributed by atoms with Crippen molar-refractivity contribution in [2.75, 3.05) is 7.05 Å². The molecule has 0 aromatic carbocycles. The number of aliphatic imine (C=N–C) groups is 1. The minimum Gasteiger partial charge on any atom is -0.404 e. The first-order valence-electron chi connectivity index (χ1n) is 3.02. The second-order valence-electron chi connectivity index (χ2n) is 1.79. The summed E-state index contributed by atoms with van der Waals surface area (Å²) in [7, 11) is 1.61. The molecular weight excluding hydrogens is 142 g/mol. The van der Waals surface area contributed by atoms with Crippen molar-refractivity contribution in [3.05, 3.63) is 23.9 Å². The average Bonchev–Trinajstić information content (AvgIpc) is 1.97. The predicted octanol–water partition coefficient (Wildman–Crippen LogP) is -0.183. The van der Waals surface area contributed by atoms with Gasteiger partial charge in [0.1, 0.15) is 0 Å². The third kappa shape index (κ3) is 4.90. The molecule has 0 bridgehead atoms. The van der Waals surface area contributed by atoms with E-state index in [4.69, 9.17) is 11.5 Å². The number of nitrogens with zero attached hydrogens (tertiary/aromatic N) is 1. The number of hydrogen-bond donors (Lipinski definition) is 2. The van der Waals surface area contributed by atoms with Crippen molar-refractivity contribution in [2.24, 2.45) is 16.5 Å². The largest absolute Gasteiger partial charge is 0.404 e. The van der Waals surface area contributed by atoms with Crippen LogP contribution in [0, 0.1) is 0 Å². The van der Waals surface area contributed by atoms with Crippen molar-refractivity contribution >= 4 is 12.1 Å². The van der Waals surface area contributed by atoms with E-state index in [2.05, 4.69) is 4.99 Å². The number of carbonyl (C=O) groups excluding carboxylic acids is 1. The van der Waals surface area contributed by atoms with Gasteiger partial charge in [-0.15, -0.1) is 0 Å². The average molecular weight is 155 g/mol. The number of nitrogens with two attached hydrogens (primary N) is 2. The lowest BCUT2D eigenvalue weighted by Crippen LogP contribution is -2.05. The van der Waals surface area contributed by atoms with Crippen LogP contribution in [0.15, 0.2) is 28.9 Å². The maximum Gasteiger partial charge on any atom is 0.241 e. The van der Waals surface area contributed by atoms with Gasteiger partial charge in [-0.1, -0.05) is 0 Å². The maximum atomic E-state index is 10.2. The van der Waals surface area contributed by atoms with Crippen molar-refractivity contribution in [1.82, 2.24) is 0 Å². The van der Waals surface area contributed by atoms with Crippen LogP contribution in [0.3, 0.4) is 0 Å². The van der Waals surface area contributed by atoms with Gasteiger partial charge in [-0.2, -0.15) is 0 Å². The van der Waals surface area contributed by atoms with E-state index < -0.39 is 5.91 Å². The molecule has 1 amide bonds. The van der Waals surface area contributed by atoms with Crippen LogP contribution < -0.4 is 11.5 Å². The molecular formula is C7H13N3O. The molecule has 0 saturated heterocycles. The predicted molar refractivity (Wildman–Crippen MR) is 47.1 cm³/mol. The number of amides is 1. The Morgan fingerprint density at radius 1 is 1.55 bits per heavy atom. The second kappa shape index (κ2) is 5.22. The number of carbonyl (C=O) groups is 1. The first-order chi connectivity index (χ1) is 5.20. The van der Waals surface area contributed by atoms with E-state index in [-0.39, 0.29) is 1.43 Å². The zero-order chi connectivity index (χ0) is 8.69. The molecule has 0 aliphatic heterocycles. The number of primary amides is 1. The molecule has 11 heavy (non-hydrogen) atoms.